The predicted molar refractivity (Wildman–Crippen MR) is 69.1 cm³/mol. The maximum Gasteiger partial charge on any atom is 0.255 e. The number of anilines is 1. The van der Waals surface area contributed by atoms with Crippen LogP contribution in [0.2, 0.25) is 0 Å². The molecule has 5 heteroatoms. The molecular weight excluding hydrogens is 230 g/mol. The number of aryl methyl sites for hydroxylation is 1. The molecule has 0 saturated carbocycles. The lowest BCUT2D eigenvalue weighted by molar-refractivity contribution is -0.0860. The minimum absolute atomic E-state index is 0.104. The number of carbonyl (C=O) groups excluding carboxylic acids is 1. The summed E-state index contributed by atoms with van der Waals surface area (Å²) in [6.45, 7) is 4.60. The normalized spacial score (nSPS) is 17.4. The molecule has 1 fully saturated rings. The Morgan fingerprint density at radius 3 is 2.89 bits per heavy atom. The predicted octanol–water partition coefficient (Wildman–Crippen LogP) is 0.959. The van der Waals surface area contributed by atoms with E-state index in [1.165, 1.54) is 6.20 Å². The summed E-state index contributed by atoms with van der Waals surface area (Å²) < 4.78 is 0. The number of nitrogens with two attached hydrogens (primary N) is 1. The number of aromatic nitrogens is 1. The molecule has 2 rings (SSSR count). The summed E-state index contributed by atoms with van der Waals surface area (Å²) in [4.78, 5) is 17.9. The molecule has 3 N–H and O–H groups in total. The van der Waals surface area contributed by atoms with Crippen molar-refractivity contribution < 1.29 is 9.90 Å². The smallest absolute Gasteiger partial charge is 0.255 e. The van der Waals surface area contributed by atoms with E-state index in [4.69, 9.17) is 5.73 Å². The van der Waals surface area contributed by atoms with Crippen LogP contribution in [0.25, 0.3) is 0 Å². The van der Waals surface area contributed by atoms with Crippen LogP contribution >= 0.6 is 0 Å². The molecule has 0 spiro atoms. The second-order valence-electron chi connectivity index (χ2n) is 5.04. The van der Waals surface area contributed by atoms with Gasteiger partial charge in [0, 0.05) is 0 Å². The first kappa shape index (κ1) is 12.8. The van der Waals surface area contributed by atoms with Crippen molar-refractivity contribution in [1.29, 1.82) is 0 Å². The standard InChI is InChI=1S/C13H19N3O2/c1-3-4-13(18)7-16(8-13)12(17)11-5-10(14)6-15-9(11)2/h5-6,18H,3-4,7-8,14H2,1-2H3. The number of amides is 1. The largest absolute Gasteiger partial charge is 0.397 e. The van der Waals surface area contributed by atoms with Gasteiger partial charge in [-0.15, -0.1) is 0 Å². The first-order valence-electron chi connectivity index (χ1n) is 6.19. The lowest BCUT2D eigenvalue weighted by Crippen LogP contribution is -2.63. The van der Waals surface area contributed by atoms with Gasteiger partial charge in [0.25, 0.3) is 5.91 Å². The van der Waals surface area contributed by atoms with Crippen molar-refractivity contribution >= 4 is 11.6 Å². The molecular formula is C13H19N3O2. The molecule has 5 nitrogen and oxygen atoms in total. The second kappa shape index (κ2) is 4.57. The molecule has 0 atom stereocenters. The summed E-state index contributed by atoms with van der Waals surface area (Å²) >= 11 is 0. The van der Waals surface area contributed by atoms with Crippen LogP contribution in [-0.2, 0) is 0 Å². The van der Waals surface area contributed by atoms with E-state index >= 15 is 0 Å². The molecule has 0 bridgehead atoms. The van der Waals surface area contributed by atoms with Crippen molar-refractivity contribution in [1.82, 2.24) is 9.88 Å². The van der Waals surface area contributed by atoms with Crippen LogP contribution in [0, 0.1) is 6.92 Å². The van der Waals surface area contributed by atoms with E-state index in [1.54, 1.807) is 17.9 Å². The summed E-state index contributed by atoms with van der Waals surface area (Å²) in [5, 5.41) is 10.1. The number of likely N-dealkylation sites (tertiary alicyclic amines) is 1. The van der Waals surface area contributed by atoms with Crippen LogP contribution in [0.5, 0.6) is 0 Å². The third-order valence-electron chi connectivity index (χ3n) is 3.31. The van der Waals surface area contributed by atoms with Gasteiger partial charge < -0.3 is 15.7 Å². The molecule has 1 saturated heterocycles. The maximum absolute atomic E-state index is 12.2. The molecule has 1 aliphatic heterocycles. The topological polar surface area (TPSA) is 79.5 Å². The number of carbonyl (C=O) groups is 1. The van der Waals surface area contributed by atoms with Crippen molar-refractivity contribution in [2.45, 2.75) is 32.3 Å². The van der Waals surface area contributed by atoms with E-state index in [1.807, 2.05) is 6.92 Å². The zero-order valence-electron chi connectivity index (χ0n) is 10.8. The van der Waals surface area contributed by atoms with Gasteiger partial charge in [-0.25, -0.2) is 0 Å². The quantitative estimate of drug-likeness (QED) is 0.836. The number of nitrogens with zero attached hydrogens (tertiary/aromatic N) is 2. The Labute approximate surface area is 107 Å². The second-order valence-corrected chi connectivity index (χ2v) is 5.04. The minimum atomic E-state index is -0.702. The van der Waals surface area contributed by atoms with Crippen LogP contribution in [0.4, 0.5) is 5.69 Å². The zero-order chi connectivity index (χ0) is 13.3. The van der Waals surface area contributed by atoms with E-state index in [2.05, 4.69) is 4.98 Å². The number of aliphatic hydroxyl groups is 1. The fraction of sp³-hybridized carbons (Fsp3) is 0.538. The number of rotatable bonds is 3. The van der Waals surface area contributed by atoms with Crippen LogP contribution in [0.15, 0.2) is 12.3 Å². The van der Waals surface area contributed by atoms with E-state index in [0.29, 0.717) is 30.0 Å². The van der Waals surface area contributed by atoms with Gasteiger partial charge in [0.15, 0.2) is 0 Å². The summed E-state index contributed by atoms with van der Waals surface area (Å²) in [6.07, 6.45) is 3.18. The third-order valence-corrected chi connectivity index (χ3v) is 3.31. The lowest BCUT2D eigenvalue weighted by atomic mass is 9.88. The summed E-state index contributed by atoms with van der Waals surface area (Å²) in [5.41, 5.74) is 6.61. The molecule has 1 aromatic heterocycles. The molecule has 1 aliphatic rings. The van der Waals surface area contributed by atoms with Gasteiger partial charge >= 0.3 is 0 Å². The third kappa shape index (κ3) is 2.31. The molecule has 0 aromatic carbocycles. The van der Waals surface area contributed by atoms with Gasteiger partial charge in [-0.3, -0.25) is 9.78 Å². The number of nitrogen functional groups attached to an aromatic ring is 1. The fourth-order valence-corrected chi connectivity index (χ4v) is 2.37. The monoisotopic (exact) mass is 249 g/mol. The van der Waals surface area contributed by atoms with Crippen molar-refractivity contribution in [2.24, 2.45) is 0 Å². The number of pyridine rings is 1. The highest BCUT2D eigenvalue weighted by molar-refractivity contribution is 5.96. The molecule has 18 heavy (non-hydrogen) atoms. The lowest BCUT2D eigenvalue weighted by Gasteiger charge is -2.46. The summed E-state index contributed by atoms with van der Waals surface area (Å²) in [7, 11) is 0. The number of β-amino-alcohol motifs (C(OH)–C–C–N with tert-alkyl or cyclic N) is 1. The van der Waals surface area contributed by atoms with E-state index in [0.717, 1.165) is 12.8 Å². The van der Waals surface area contributed by atoms with Crippen LogP contribution in [-0.4, -0.2) is 39.6 Å². The zero-order valence-corrected chi connectivity index (χ0v) is 10.8. The van der Waals surface area contributed by atoms with Crippen molar-refractivity contribution in [3.05, 3.63) is 23.5 Å². The van der Waals surface area contributed by atoms with Crippen LogP contribution in [0.3, 0.4) is 0 Å². The van der Waals surface area contributed by atoms with E-state index < -0.39 is 5.60 Å². The maximum atomic E-state index is 12.2. The SMILES string of the molecule is CCCC1(O)CN(C(=O)c2cc(N)cnc2C)C1. The molecule has 1 aromatic rings. The van der Waals surface area contributed by atoms with Crippen molar-refractivity contribution in [3.8, 4) is 0 Å². The average molecular weight is 249 g/mol. The highest BCUT2D eigenvalue weighted by Gasteiger charge is 2.43. The van der Waals surface area contributed by atoms with E-state index in [9.17, 15) is 9.90 Å². The number of hydrogen-bond acceptors (Lipinski definition) is 4. The highest BCUT2D eigenvalue weighted by atomic mass is 16.3. The van der Waals surface area contributed by atoms with Gasteiger partial charge in [0.2, 0.25) is 0 Å². The van der Waals surface area contributed by atoms with Gasteiger partial charge in [0.1, 0.15) is 0 Å². The van der Waals surface area contributed by atoms with Gasteiger partial charge in [-0.05, 0) is 19.4 Å². The minimum Gasteiger partial charge on any atom is -0.397 e. The molecule has 0 aliphatic carbocycles. The Kier molecular flexibility index (Phi) is 3.26. The summed E-state index contributed by atoms with van der Waals surface area (Å²) in [5.74, 6) is -0.104. The Morgan fingerprint density at radius 2 is 2.28 bits per heavy atom. The molecule has 0 radical (unpaired) electrons. The van der Waals surface area contributed by atoms with Crippen LogP contribution < -0.4 is 5.73 Å². The molecule has 0 unspecified atom stereocenters. The van der Waals surface area contributed by atoms with Gasteiger partial charge in [-0.1, -0.05) is 13.3 Å². The Hall–Kier alpha value is -1.62. The Morgan fingerprint density at radius 1 is 1.61 bits per heavy atom. The Balaban J connectivity index is 2.08. The first-order valence-corrected chi connectivity index (χ1v) is 6.19. The van der Waals surface area contributed by atoms with Crippen molar-refractivity contribution in [3.63, 3.8) is 0 Å². The first-order chi connectivity index (χ1) is 8.45. The molecule has 2 heterocycles. The van der Waals surface area contributed by atoms with Crippen molar-refractivity contribution in [2.75, 3.05) is 18.8 Å². The van der Waals surface area contributed by atoms with E-state index in [-0.39, 0.29) is 5.91 Å². The Bertz CT molecular complexity index is 467. The van der Waals surface area contributed by atoms with Gasteiger partial charge in [-0.2, -0.15) is 0 Å². The number of hydrogen-bond donors (Lipinski definition) is 2. The highest BCUT2D eigenvalue weighted by Crippen LogP contribution is 2.27. The average Bonchev–Trinajstić information content (AvgIpc) is 2.28. The fourth-order valence-electron chi connectivity index (χ4n) is 2.37. The molecule has 1 amide bonds. The summed E-state index contributed by atoms with van der Waals surface area (Å²) in [6, 6.07) is 1.64. The van der Waals surface area contributed by atoms with Gasteiger partial charge in [0.05, 0.1) is 41.8 Å². The molecule has 98 valence electrons. The van der Waals surface area contributed by atoms with Crippen LogP contribution in [0.1, 0.15) is 35.8 Å².